The summed E-state index contributed by atoms with van der Waals surface area (Å²) in [5.41, 5.74) is 0.786. The first-order valence-electron chi connectivity index (χ1n) is 16.5. The Morgan fingerprint density at radius 3 is 2.18 bits per heavy atom. The van der Waals surface area contributed by atoms with Crippen molar-refractivity contribution in [3.63, 3.8) is 0 Å². The van der Waals surface area contributed by atoms with Gasteiger partial charge >= 0.3 is 5.97 Å². The van der Waals surface area contributed by atoms with Crippen LogP contribution in [-0.2, 0) is 30.4 Å². The minimum atomic E-state index is -0.876. The molecule has 1 aromatic carbocycles. The second-order valence-electron chi connectivity index (χ2n) is 12.1. The van der Waals surface area contributed by atoms with Crippen molar-refractivity contribution in [1.29, 1.82) is 0 Å². The molecule has 3 N–H and O–H groups in total. The fourth-order valence-electron chi connectivity index (χ4n) is 5.18. The van der Waals surface area contributed by atoms with Crippen molar-refractivity contribution in [2.24, 2.45) is 5.92 Å². The van der Waals surface area contributed by atoms with Crippen LogP contribution in [0.2, 0.25) is 0 Å². The molecule has 10 nitrogen and oxygen atoms in total. The van der Waals surface area contributed by atoms with Gasteiger partial charge in [0.2, 0.25) is 17.7 Å². The molecule has 0 bridgehead atoms. The molecule has 0 spiro atoms. The van der Waals surface area contributed by atoms with Gasteiger partial charge in [-0.05, 0) is 75.7 Å². The fourth-order valence-corrected chi connectivity index (χ4v) is 5.18. The van der Waals surface area contributed by atoms with Gasteiger partial charge in [-0.25, -0.2) is 0 Å². The average Bonchev–Trinajstić information content (AvgIpc) is 3.50. The largest absolute Gasteiger partial charge is 0.426 e. The highest BCUT2D eigenvalue weighted by molar-refractivity contribution is 5.92. The predicted octanol–water partition coefficient (Wildman–Crippen LogP) is 4.09. The first-order chi connectivity index (χ1) is 21.1. The highest BCUT2D eigenvalue weighted by Crippen LogP contribution is 2.16. The zero-order valence-electron chi connectivity index (χ0n) is 27.3. The molecule has 0 radical (unpaired) electrons. The average molecular weight is 615 g/mol. The molecule has 1 saturated heterocycles. The maximum Gasteiger partial charge on any atom is 0.325 e. The summed E-state index contributed by atoms with van der Waals surface area (Å²) in [6, 6.07) is 5.34. The van der Waals surface area contributed by atoms with E-state index >= 15 is 0 Å². The number of nitrogens with one attached hydrogen (secondary N) is 3. The second kappa shape index (κ2) is 20.6. The van der Waals surface area contributed by atoms with E-state index in [4.69, 9.17) is 4.74 Å². The number of hydrogen-bond donors (Lipinski definition) is 3. The Labute approximate surface area is 263 Å². The number of nitrogens with zero attached hydrogens (tertiary/aromatic N) is 1. The third-order valence-electron chi connectivity index (χ3n) is 8.10. The smallest absolute Gasteiger partial charge is 0.325 e. The van der Waals surface area contributed by atoms with Gasteiger partial charge in [0, 0.05) is 25.8 Å². The topological polar surface area (TPSA) is 134 Å². The van der Waals surface area contributed by atoms with Gasteiger partial charge in [0.25, 0.3) is 0 Å². The minimum absolute atomic E-state index is 0.118. The Morgan fingerprint density at radius 2 is 1.55 bits per heavy atom. The quantitative estimate of drug-likeness (QED) is 0.108. The van der Waals surface area contributed by atoms with E-state index in [0.717, 1.165) is 70.0 Å². The Kier molecular flexibility index (Phi) is 17.3. The molecular formula is C34H54N4O6. The summed E-state index contributed by atoms with van der Waals surface area (Å²) in [6.45, 7) is 10.1. The number of ketones is 1. The van der Waals surface area contributed by atoms with Crippen molar-refractivity contribution in [2.45, 2.75) is 117 Å². The van der Waals surface area contributed by atoms with Crippen LogP contribution >= 0.6 is 0 Å². The Morgan fingerprint density at radius 1 is 0.864 bits per heavy atom. The normalized spacial score (nSPS) is 15.2. The van der Waals surface area contributed by atoms with Gasteiger partial charge in [0.1, 0.15) is 23.6 Å². The van der Waals surface area contributed by atoms with Crippen LogP contribution in [0.25, 0.3) is 0 Å². The summed E-state index contributed by atoms with van der Waals surface area (Å²) >= 11 is 0. The molecule has 1 aromatic rings. The van der Waals surface area contributed by atoms with Crippen LogP contribution in [-0.4, -0.2) is 72.6 Å². The van der Waals surface area contributed by atoms with Gasteiger partial charge in [-0.2, -0.15) is 0 Å². The van der Waals surface area contributed by atoms with E-state index in [2.05, 4.69) is 27.8 Å². The highest BCUT2D eigenvalue weighted by Gasteiger charge is 2.30. The summed E-state index contributed by atoms with van der Waals surface area (Å²) in [5.74, 6) is -0.718. The maximum atomic E-state index is 13.6. The van der Waals surface area contributed by atoms with Crippen LogP contribution in [0.5, 0.6) is 5.75 Å². The van der Waals surface area contributed by atoms with Crippen molar-refractivity contribution in [3.05, 3.63) is 29.8 Å². The monoisotopic (exact) mass is 614 g/mol. The van der Waals surface area contributed by atoms with Crippen molar-refractivity contribution in [1.82, 2.24) is 20.9 Å². The molecule has 0 aromatic heterocycles. The van der Waals surface area contributed by atoms with Crippen LogP contribution in [0.15, 0.2) is 24.3 Å². The van der Waals surface area contributed by atoms with E-state index < -0.39 is 18.0 Å². The van der Waals surface area contributed by atoms with Crippen molar-refractivity contribution in [2.75, 3.05) is 26.2 Å². The number of Topliss-reactive ketones (excluding diaryl/α,β-unsaturated/α-hetero) is 1. The lowest BCUT2D eigenvalue weighted by Gasteiger charge is -2.26. The molecule has 0 saturated carbocycles. The molecule has 1 aliphatic heterocycles. The van der Waals surface area contributed by atoms with Gasteiger partial charge in [-0.3, -0.25) is 24.1 Å². The van der Waals surface area contributed by atoms with E-state index in [1.165, 1.54) is 0 Å². The molecule has 1 aliphatic rings. The maximum absolute atomic E-state index is 13.6. The third-order valence-corrected chi connectivity index (χ3v) is 8.10. The Bertz CT molecular complexity index is 1050. The van der Waals surface area contributed by atoms with Crippen molar-refractivity contribution >= 4 is 29.5 Å². The molecule has 0 aliphatic carbocycles. The summed E-state index contributed by atoms with van der Waals surface area (Å²) < 4.78 is 5.50. The number of benzene rings is 1. The lowest BCUT2D eigenvalue weighted by Crippen LogP contribution is -2.56. The lowest BCUT2D eigenvalue weighted by atomic mass is 9.97. The first-order valence-corrected chi connectivity index (χ1v) is 16.5. The molecule has 44 heavy (non-hydrogen) atoms. The summed E-state index contributed by atoms with van der Waals surface area (Å²) in [5, 5.41) is 8.73. The Hall–Kier alpha value is -3.27. The molecular weight excluding hydrogens is 560 g/mol. The molecule has 2 rings (SSSR count). The lowest BCUT2D eigenvalue weighted by molar-refractivity contribution is -0.135. The van der Waals surface area contributed by atoms with Crippen molar-refractivity contribution in [3.8, 4) is 5.75 Å². The van der Waals surface area contributed by atoms with Crippen LogP contribution in [0.1, 0.15) is 104 Å². The third kappa shape index (κ3) is 14.5. The molecule has 3 amide bonds. The molecule has 1 fully saturated rings. The number of hydrogen-bond acceptors (Lipinski definition) is 7. The van der Waals surface area contributed by atoms with Crippen LogP contribution in [0.4, 0.5) is 0 Å². The predicted molar refractivity (Wildman–Crippen MR) is 171 cm³/mol. The van der Waals surface area contributed by atoms with Gasteiger partial charge < -0.3 is 25.5 Å². The first kappa shape index (κ1) is 36.9. The number of ether oxygens (including phenoxy) is 1. The Balaban J connectivity index is 2.05. The number of carbonyl (C=O) groups is 5. The van der Waals surface area contributed by atoms with Crippen LogP contribution in [0, 0.1) is 5.92 Å². The van der Waals surface area contributed by atoms with Gasteiger partial charge in [0.15, 0.2) is 0 Å². The minimum Gasteiger partial charge on any atom is -0.426 e. The standard InChI is InChI=1S/C34H54N4O6/c1-5-7-9-15-30(40)36-29(23-27-16-18-28(19-17-27)44-31(41)24-38-21-12-13-22-38)33(42)37-32(25(3)6-2)34(43)35-20-11-8-10-14-26(4)39/h16-19,25,29,32H,5-15,20-24H2,1-4H3,(H,35,43)(H,36,40)(H,37,42). The van der Waals surface area contributed by atoms with Gasteiger partial charge in [-0.1, -0.05) is 58.6 Å². The summed E-state index contributed by atoms with van der Waals surface area (Å²) in [7, 11) is 0. The van der Waals surface area contributed by atoms with Crippen LogP contribution < -0.4 is 20.7 Å². The van der Waals surface area contributed by atoms with Gasteiger partial charge in [-0.15, -0.1) is 0 Å². The molecule has 3 unspecified atom stereocenters. The molecule has 10 heteroatoms. The van der Waals surface area contributed by atoms with Gasteiger partial charge in [0.05, 0.1) is 6.54 Å². The highest BCUT2D eigenvalue weighted by atomic mass is 16.5. The SMILES string of the molecule is CCCCCC(=O)NC(Cc1ccc(OC(=O)CN2CCCC2)cc1)C(=O)NC(C(=O)NCCCCCC(C)=O)C(C)CC. The summed E-state index contributed by atoms with van der Waals surface area (Å²) in [6.07, 6.45) is 8.97. The van der Waals surface area contributed by atoms with E-state index in [9.17, 15) is 24.0 Å². The molecule has 1 heterocycles. The van der Waals surface area contributed by atoms with E-state index in [0.29, 0.717) is 31.6 Å². The number of unbranched alkanes of at least 4 members (excludes halogenated alkanes) is 4. The van der Waals surface area contributed by atoms with Crippen molar-refractivity contribution < 1.29 is 28.7 Å². The number of esters is 1. The zero-order valence-corrected chi connectivity index (χ0v) is 27.3. The number of carbonyl (C=O) groups excluding carboxylic acids is 5. The summed E-state index contributed by atoms with van der Waals surface area (Å²) in [4.78, 5) is 65.0. The number of likely N-dealkylation sites (tertiary alicyclic amines) is 1. The second-order valence-corrected chi connectivity index (χ2v) is 12.1. The van der Waals surface area contributed by atoms with E-state index in [1.807, 2.05) is 13.8 Å². The van der Waals surface area contributed by atoms with E-state index in [-0.39, 0.29) is 42.5 Å². The molecule has 3 atom stereocenters. The number of amides is 3. The number of rotatable bonds is 21. The zero-order chi connectivity index (χ0) is 32.3. The van der Waals surface area contributed by atoms with E-state index in [1.54, 1.807) is 31.2 Å². The fraction of sp³-hybridized carbons (Fsp3) is 0.676. The molecule has 246 valence electrons. The van der Waals surface area contributed by atoms with Crippen LogP contribution in [0.3, 0.4) is 0 Å².